The average Bonchev–Trinajstić information content (AvgIpc) is 2.47. The molecule has 0 bridgehead atoms. The number of rotatable bonds is 1. The van der Waals surface area contributed by atoms with Crippen molar-refractivity contribution in [2.24, 2.45) is 0 Å². The van der Waals surface area contributed by atoms with Gasteiger partial charge in [0.1, 0.15) is 0 Å². The van der Waals surface area contributed by atoms with Crippen LogP contribution in [0.15, 0.2) is 54.6 Å². The van der Waals surface area contributed by atoms with Crippen molar-refractivity contribution < 1.29 is 13.2 Å². The van der Waals surface area contributed by atoms with Gasteiger partial charge in [-0.2, -0.15) is 13.2 Å². The van der Waals surface area contributed by atoms with E-state index in [1.807, 2.05) is 37.3 Å². The molecule has 3 aromatic rings. The minimum absolute atomic E-state index is 0.631. The maximum absolute atomic E-state index is 12.6. The van der Waals surface area contributed by atoms with Crippen LogP contribution in [0.4, 0.5) is 13.2 Å². The second-order valence-corrected chi connectivity index (χ2v) is 4.95. The Morgan fingerprint density at radius 3 is 2.24 bits per heavy atom. The van der Waals surface area contributed by atoms with Gasteiger partial charge < -0.3 is 0 Å². The zero-order chi connectivity index (χ0) is 15.0. The number of alkyl halides is 3. The standard InChI is InChI=1S/C18H12F3/c1-12-16-5-3-2-4-13(16)8-11-17(12)14-6-9-15(10-7-14)18(19,20)21/h2-7,9-11H,1H3. The molecular weight excluding hydrogens is 273 g/mol. The highest BCUT2D eigenvalue weighted by Crippen LogP contribution is 2.33. The highest BCUT2D eigenvalue weighted by atomic mass is 19.4. The Bertz CT molecular complexity index is 784. The third-order valence-corrected chi connectivity index (χ3v) is 3.63. The minimum Gasteiger partial charge on any atom is -0.166 e. The highest BCUT2D eigenvalue weighted by Gasteiger charge is 2.30. The molecular formula is C18H12F3. The molecule has 0 saturated heterocycles. The van der Waals surface area contributed by atoms with E-state index in [0.717, 1.165) is 39.6 Å². The van der Waals surface area contributed by atoms with Crippen LogP contribution in [0.25, 0.3) is 21.9 Å². The molecule has 0 aromatic heterocycles. The van der Waals surface area contributed by atoms with Crippen molar-refractivity contribution in [2.45, 2.75) is 13.1 Å². The van der Waals surface area contributed by atoms with Crippen LogP contribution in [0, 0.1) is 13.0 Å². The number of halogens is 3. The first-order chi connectivity index (χ1) is 9.97. The summed E-state index contributed by atoms with van der Waals surface area (Å²) in [4.78, 5) is 0. The molecule has 0 heterocycles. The lowest BCUT2D eigenvalue weighted by Gasteiger charge is -2.11. The smallest absolute Gasteiger partial charge is 0.166 e. The quantitative estimate of drug-likeness (QED) is 0.543. The predicted octanol–water partition coefficient (Wildman–Crippen LogP) is 5.63. The van der Waals surface area contributed by atoms with Crippen LogP contribution < -0.4 is 0 Å². The van der Waals surface area contributed by atoms with Crippen molar-refractivity contribution in [2.75, 3.05) is 0 Å². The third-order valence-electron chi connectivity index (χ3n) is 3.63. The Kier molecular flexibility index (Phi) is 3.20. The molecule has 0 nitrogen and oxygen atoms in total. The summed E-state index contributed by atoms with van der Waals surface area (Å²) in [6, 6.07) is 18.1. The van der Waals surface area contributed by atoms with E-state index in [1.54, 1.807) is 0 Å². The third kappa shape index (κ3) is 2.51. The lowest BCUT2D eigenvalue weighted by atomic mass is 9.95. The molecule has 0 aliphatic carbocycles. The molecule has 0 aliphatic heterocycles. The van der Waals surface area contributed by atoms with Crippen LogP contribution in [0.3, 0.4) is 0 Å². The van der Waals surface area contributed by atoms with Crippen molar-refractivity contribution >= 4 is 10.8 Å². The Balaban J connectivity index is 2.10. The Labute approximate surface area is 120 Å². The SMILES string of the molecule is Cc1c(-c2ccc(C(F)(F)F)cc2)c[c]c2ccccc12. The van der Waals surface area contributed by atoms with Crippen molar-refractivity contribution in [3.05, 3.63) is 71.8 Å². The molecule has 0 saturated carbocycles. The van der Waals surface area contributed by atoms with E-state index >= 15 is 0 Å². The molecule has 0 unspecified atom stereocenters. The van der Waals surface area contributed by atoms with Gasteiger partial charge in [-0.15, -0.1) is 0 Å². The maximum atomic E-state index is 12.6. The summed E-state index contributed by atoms with van der Waals surface area (Å²) in [7, 11) is 0. The summed E-state index contributed by atoms with van der Waals surface area (Å²) in [6.45, 7) is 1.98. The van der Waals surface area contributed by atoms with Crippen molar-refractivity contribution in [1.82, 2.24) is 0 Å². The number of hydrogen-bond donors (Lipinski definition) is 0. The first kappa shape index (κ1) is 13.7. The van der Waals surface area contributed by atoms with Gasteiger partial charge in [0.25, 0.3) is 0 Å². The molecule has 0 spiro atoms. The second kappa shape index (κ2) is 4.92. The zero-order valence-electron chi connectivity index (χ0n) is 11.3. The van der Waals surface area contributed by atoms with Gasteiger partial charge in [-0.25, -0.2) is 0 Å². The molecule has 0 aliphatic rings. The van der Waals surface area contributed by atoms with Crippen LogP contribution in [-0.4, -0.2) is 0 Å². The number of benzene rings is 3. The van der Waals surface area contributed by atoms with E-state index in [9.17, 15) is 13.2 Å². The molecule has 1 radical (unpaired) electrons. The lowest BCUT2D eigenvalue weighted by molar-refractivity contribution is -0.137. The van der Waals surface area contributed by atoms with Crippen LogP contribution in [0.2, 0.25) is 0 Å². The number of hydrogen-bond acceptors (Lipinski definition) is 0. The van der Waals surface area contributed by atoms with Crippen LogP contribution >= 0.6 is 0 Å². The van der Waals surface area contributed by atoms with Crippen LogP contribution in [0.5, 0.6) is 0 Å². The van der Waals surface area contributed by atoms with Crippen LogP contribution in [0.1, 0.15) is 11.1 Å². The van der Waals surface area contributed by atoms with E-state index in [1.165, 1.54) is 12.1 Å². The first-order valence-electron chi connectivity index (χ1n) is 6.54. The van der Waals surface area contributed by atoms with Crippen LogP contribution in [-0.2, 0) is 6.18 Å². The van der Waals surface area contributed by atoms with Gasteiger partial charge in [0, 0.05) is 0 Å². The molecule has 3 rings (SSSR count). The van der Waals surface area contributed by atoms with E-state index in [0.29, 0.717) is 0 Å². The summed E-state index contributed by atoms with van der Waals surface area (Å²) >= 11 is 0. The van der Waals surface area contributed by atoms with Crippen molar-refractivity contribution in [3.8, 4) is 11.1 Å². The van der Waals surface area contributed by atoms with Gasteiger partial charge in [-0.05, 0) is 58.7 Å². The summed E-state index contributed by atoms with van der Waals surface area (Å²) in [5.74, 6) is 0. The van der Waals surface area contributed by atoms with E-state index in [-0.39, 0.29) is 0 Å². The van der Waals surface area contributed by atoms with E-state index in [4.69, 9.17) is 0 Å². The molecule has 0 atom stereocenters. The summed E-state index contributed by atoms with van der Waals surface area (Å²) in [5.41, 5.74) is 2.09. The fourth-order valence-corrected chi connectivity index (χ4v) is 2.48. The highest BCUT2D eigenvalue weighted by molar-refractivity contribution is 5.91. The number of aryl methyl sites for hydroxylation is 1. The normalized spacial score (nSPS) is 11.8. The predicted molar refractivity (Wildman–Crippen MR) is 78.0 cm³/mol. The topological polar surface area (TPSA) is 0 Å². The molecule has 0 amide bonds. The van der Waals surface area contributed by atoms with Gasteiger partial charge >= 0.3 is 6.18 Å². The van der Waals surface area contributed by atoms with Gasteiger partial charge in [-0.1, -0.05) is 36.4 Å². The van der Waals surface area contributed by atoms with E-state index < -0.39 is 11.7 Å². The first-order valence-corrected chi connectivity index (χ1v) is 6.54. The molecule has 105 valence electrons. The maximum Gasteiger partial charge on any atom is 0.416 e. The fraction of sp³-hybridized carbons (Fsp3) is 0.111. The van der Waals surface area contributed by atoms with Gasteiger partial charge in [0.05, 0.1) is 5.56 Å². The monoisotopic (exact) mass is 285 g/mol. The minimum atomic E-state index is -4.30. The van der Waals surface area contributed by atoms with Gasteiger partial charge in [0.15, 0.2) is 0 Å². The van der Waals surface area contributed by atoms with Crippen molar-refractivity contribution in [1.29, 1.82) is 0 Å². The second-order valence-electron chi connectivity index (χ2n) is 4.95. The molecule has 3 aromatic carbocycles. The largest absolute Gasteiger partial charge is 0.416 e. The molecule has 21 heavy (non-hydrogen) atoms. The molecule has 0 fully saturated rings. The average molecular weight is 285 g/mol. The van der Waals surface area contributed by atoms with E-state index in [2.05, 4.69) is 6.07 Å². The summed E-state index contributed by atoms with van der Waals surface area (Å²) in [6.07, 6.45) is -4.30. The van der Waals surface area contributed by atoms with Crippen molar-refractivity contribution in [3.63, 3.8) is 0 Å². The fourth-order valence-electron chi connectivity index (χ4n) is 2.48. The molecule has 3 heteroatoms. The Morgan fingerprint density at radius 1 is 0.905 bits per heavy atom. The lowest BCUT2D eigenvalue weighted by Crippen LogP contribution is -2.04. The zero-order valence-corrected chi connectivity index (χ0v) is 11.3. The Morgan fingerprint density at radius 2 is 1.57 bits per heavy atom. The molecule has 0 N–H and O–H groups in total. The summed E-state index contributed by atoms with van der Waals surface area (Å²) in [5, 5.41) is 2.07. The number of fused-ring (bicyclic) bond motifs is 1. The van der Waals surface area contributed by atoms with Gasteiger partial charge in [-0.3, -0.25) is 0 Å². The van der Waals surface area contributed by atoms with Gasteiger partial charge in [0.2, 0.25) is 0 Å². The summed E-state index contributed by atoms with van der Waals surface area (Å²) < 4.78 is 37.8. The Hall–Kier alpha value is -2.29.